The normalized spacial score (nSPS) is 16.7. The van der Waals surface area contributed by atoms with Crippen molar-refractivity contribution in [1.29, 1.82) is 0 Å². The average Bonchev–Trinajstić information content (AvgIpc) is 2.64. The number of hydrogen-bond donors (Lipinski definition) is 1. The van der Waals surface area contributed by atoms with E-state index in [-0.39, 0.29) is 11.5 Å². The highest BCUT2D eigenvalue weighted by atomic mass is 35.5. The maximum Gasteiger partial charge on any atom is 0.355 e. The second-order valence-corrected chi connectivity index (χ2v) is 5.65. The van der Waals surface area contributed by atoms with Crippen LogP contribution in [0.1, 0.15) is 0 Å². The van der Waals surface area contributed by atoms with Crippen molar-refractivity contribution in [1.82, 2.24) is 0 Å². The predicted octanol–water partition coefficient (Wildman–Crippen LogP) is 1.47. The van der Waals surface area contributed by atoms with Gasteiger partial charge in [-0.15, -0.1) is 0 Å². The Balaban J connectivity index is 2.16. The summed E-state index contributed by atoms with van der Waals surface area (Å²) in [5.74, 6) is -1.10. The van der Waals surface area contributed by atoms with E-state index in [1.54, 1.807) is 24.3 Å². The average molecular weight is 302 g/mol. The molecule has 0 spiro atoms. The summed E-state index contributed by atoms with van der Waals surface area (Å²) >= 11 is 5.84. The van der Waals surface area contributed by atoms with Gasteiger partial charge in [-0.2, -0.15) is 12.8 Å². The minimum absolute atomic E-state index is 0.218. The summed E-state index contributed by atoms with van der Waals surface area (Å²) in [5.41, 5.74) is -0.530. The molecule has 1 aromatic rings. The molecule has 1 heterocycles. The molecule has 100 valence electrons. The van der Waals surface area contributed by atoms with Crippen LogP contribution in [0, 0.1) is 0 Å². The lowest BCUT2D eigenvalue weighted by molar-refractivity contribution is -0.129. The van der Waals surface area contributed by atoms with Gasteiger partial charge in [-0.1, -0.05) is 23.7 Å². The Morgan fingerprint density at radius 3 is 2.63 bits per heavy atom. The highest BCUT2D eigenvalue weighted by Crippen LogP contribution is 2.25. The Labute approximate surface area is 114 Å². The van der Waals surface area contributed by atoms with Crippen molar-refractivity contribution in [2.75, 3.05) is 6.61 Å². The lowest BCUT2D eigenvalue weighted by atomic mass is 10.3. The molecule has 0 saturated carbocycles. The zero-order chi connectivity index (χ0) is 14.0. The first-order valence-electron chi connectivity index (χ1n) is 5.06. The number of carboxylic acid groups (broad SMARTS) is 1. The third kappa shape index (κ3) is 2.94. The van der Waals surface area contributed by atoms with Gasteiger partial charge in [0, 0.05) is 0 Å². The highest BCUT2D eigenvalue weighted by molar-refractivity contribution is 7.94. The number of carboxylic acids is 1. The molecule has 2 rings (SSSR count). The molecule has 0 atom stereocenters. The van der Waals surface area contributed by atoms with E-state index in [2.05, 4.69) is 4.40 Å². The van der Waals surface area contributed by atoms with Crippen molar-refractivity contribution < 1.29 is 23.1 Å². The van der Waals surface area contributed by atoms with Crippen LogP contribution < -0.4 is 4.74 Å². The Hall–Kier alpha value is -1.86. The fourth-order valence-corrected chi connectivity index (χ4v) is 2.53. The van der Waals surface area contributed by atoms with Gasteiger partial charge in [-0.25, -0.2) is 4.79 Å². The number of sulfonamides is 1. The highest BCUT2D eigenvalue weighted by Gasteiger charge is 2.28. The first kappa shape index (κ1) is 13.6. The Kier molecular flexibility index (Phi) is 3.59. The quantitative estimate of drug-likeness (QED) is 0.909. The Morgan fingerprint density at radius 2 is 2.05 bits per heavy atom. The van der Waals surface area contributed by atoms with E-state index in [1.165, 1.54) is 0 Å². The number of para-hydroxylation sites is 1. The predicted molar refractivity (Wildman–Crippen MR) is 69.0 cm³/mol. The first-order chi connectivity index (χ1) is 8.90. The van der Waals surface area contributed by atoms with Crippen LogP contribution in [0.4, 0.5) is 0 Å². The van der Waals surface area contributed by atoms with Gasteiger partial charge in [-0.3, -0.25) is 0 Å². The summed E-state index contributed by atoms with van der Waals surface area (Å²) in [7, 11) is -3.96. The first-order valence-corrected chi connectivity index (χ1v) is 6.88. The second-order valence-electron chi connectivity index (χ2n) is 3.59. The van der Waals surface area contributed by atoms with Gasteiger partial charge in [0.2, 0.25) is 0 Å². The van der Waals surface area contributed by atoms with Gasteiger partial charge in [-0.05, 0) is 18.2 Å². The number of nitrogens with zero attached hydrogens (tertiary/aromatic N) is 1. The number of ether oxygens (including phenoxy) is 1. The van der Waals surface area contributed by atoms with Crippen LogP contribution in [-0.2, 0) is 14.8 Å². The molecule has 1 aliphatic rings. The van der Waals surface area contributed by atoms with Crippen LogP contribution >= 0.6 is 11.6 Å². The number of hydrogen-bond acceptors (Lipinski definition) is 4. The fourth-order valence-electron chi connectivity index (χ4n) is 1.37. The maximum atomic E-state index is 11.6. The van der Waals surface area contributed by atoms with Gasteiger partial charge in [0.05, 0.1) is 5.02 Å². The van der Waals surface area contributed by atoms with Crippen LogP contribution in [0.5, 0.6) is 5.75 Å². The van der Waals surface area contributed by atoms with Gasteiger partial charge in [0.1, 0.15) is 17.3 Å². The van der Waals surface area contributed by atoms with E-state index in [4.69, 9.17) is 21.4 Å². The molecule has 0 aromatic heterocycles. The summed E-state index contributed by atoms with van der Waals surface area (Å²) < 4.78 is 31.5. The van der Waals surface area contributed by atoms with E-state index in [1.807, 2.05) is 0 Å². The molecule has 8 heteroatoms. The van der Waals surface area contributed by atoms with E-state index in [9.17, 15) is 13.2 Å². The maximum absolute atomic E-state index is 11.6. The zero-order valence-electron chi connectivity index (χ0n) is 9.41. The monoisotopic (exact) mass is 301 g/mol. The third-order valence-corrected chi connectivity index (χ3v) is 3.92. The van der Waals surface area contributed by atoms with Gasteiger partial charge < -0.3 is 9.84 Å². The molecule has 1 N–H and O–H groups in total. The minimum atomic E-state index is -3.96. The van der Waals surface area contributed by atoms with Crippen molar-refractivity contribution in [3.8, 4) is 5.75 Å². The van der Waals surface area contributed by atoms with Crippen molar-refractivity contribution in [2.45, 2.75) is 0 Å². The Bertz CT molecular complexity index is 693. The fraction of sp³-hybridized carbons (Fsp3) is 0.0909. The molecule has 0 aliphatic carbocycles. The van der Waals surface area contributed by atoms with Crippen molar-refractivity contribution >= 4 is 33.3 Å². The second kappa shape index (κ2) is 5.02. The number of halogens is 1. The number of rotatable bonds is 4. The van der Waals surface area contributed by atoms with E-state index in [0.29, 0.717) is 10.8 Å². The molecule has 1 aromatic carbocycles. The van der Waals surface area contributed by atoms with Crippen LogP contribution in [0.15, 0.2) is 39.6 Å². The SMILES string of the molecule is O=C(O)C1=NS(=O)(=O)C(COc2ccccc2Cl)=C1. The molecule has 19 heavy (non-hydrogen) atoms. The summed E-state index contributed by atoms with van der Waals surface area (Å²) in [4.78, 5) is 10.4. The van der Waals surface area contributed by atoms with Gasteiger partial charge in [0.15, 0.2) is 5.71 Å². The van der Waals surface area contributed by atoms with Crippen LogP contribution in [0.3, 0.4) is 0 Å². The molecule has 0 saturated heterocycles. The standard InChI is InChI=1S/C11H8ClNO5S/c12-8-3-1-2-4-10(8)18-6-7-5-9(11(14)15)13-19(7,16)17/h1-5H,6H2,(H,14,15). The van der Waals surface area contributed by atoms with Crippen molar-refractivity contribution in [3.63, 3.8) is 0 Å². The van der Waals surface area contributed by atoms with E-state index in [0.717, 1.165) is 6.08 Å². The van der Waals surface area contributed by atoms with Crippen LogP contribution in [-0.4, -0.2) is 31.8 Å². The third-order valence-electron chi connectivity index (χ3n) is 2.27. The molecular weight excluding hydrogens is 294 g/mol. The molecule has 0 bridgehead atoms. The minimum Gasteiger partial charge on any atom is -0.487 e. The largest absolute Gasteiger partial charge is 0.487 e. The van der Waals surface area contributed by atoms with E-state index >= 15 is 0 Å². The Morgan fingerprint density at radius 1 is 1.37 bits per heavy atom. The summed E-state index contributed by atoms with van der Waals surface area (Å²) in [5, 5.41) is 9.02. The molecule has 0 radical (unpaired) electrons. The summed E-state index contributed by atoms with van der Waals surface area (Å²) in [6.45, 7) is -0.327. The van der Waals surface area contributed by atoms with E-state index < -0.39 is 21.7 Å². The molecule has 0 fully saturated rings. The summed E-state index contributed by atoms with van der Waals surface area (Å²) in [6, 6.07) is 6.54. The molecule has 0 unspecified atom stereocenters. The van der Waals surface area contributed by atoms with Crippen LogP contribution in [0.2, 0.25) is 5.02 Å². The smallest absolute Gasteiger partial charge is 0.355 e. The topological polar surface area (TPSA) is 93.0 Å². The lowest BCUT2D eigenvalue weighted by Crippen LogP contribution is -2.08. The van der Waals surface area contributed by atoms with Crippen molar-refractivity contribution in [2.24, 2.45) is 4.40 Å². The molecular formula is C11H8ClNO5S. The van der Waals surface area contributed by atoms with Gasteiger partial charge >= 0.3 is 5.97 Å². The van der Waals surface area contributed by atoms with Crippen LogP contribution in [0.25, 0.3) is 0 Å². The number of carbonyl (C=O) groups is 1. The lowest BCUT2D eigenvalue weighted by Gasteiger charge is -2.07. The number of benzene rings is 1. The van der Waals surface area contributed by atoms with Crippen molar-refractivity contribution in [3.05, 3.63) is 40.3 Å². The van der Waals surface area contributed by atoms with Gasteiger partial charge in [0.25, 0.3) is 10.0 Å². The number of aliphatic carboxylic acids is 1. The molecule has 1 aliphatic heterocycles. The zero-order valence-corrected chi connectivity index (χ0v) is 11.0. The molecule has 0 amide bonds. The summed E-state index contributed by atoms with van der Waals surface area (Å²) in [6.07, 6.45) is 0.967. The molecule has 6 nitrogen and oxygen atoms in total.